The van der Waals surface area contributed by atoms with Gasteiger partial charge >= 0.3 is 0 Å². The van der Waals surface area contributed by atoms with Gasteiger partial charge in [-0.15, -0.1) is 0 Å². The SMILES string of the molecule is CCCNCC(CCCS(C)(=O)=O)C(C)C. The number of hydrogen-bond acceptors (Lipinski definition) is 3. The summed E-state index contributed by atoms with van der Waals surface area (Å²) < 4.78 is 22.1. The number of hydrogen-bond donors (Lipinski definition) is 1. The van der Waals surface area contributed by atoms with Crippen molar-refractivity contribution < 1.29 is 8.42 Å². The Bertz CT molecular complexity index is 260. The van der Waals surface area contributed by atoms with Crippen molar-refractivity contribution in [2.24, 2.45) is 11.8 Å². The quantitative estimate of drug-likeness (QED) is 0.636. The lowest BCUT2D eigenvalue weighted by Crippen LogP contribution is -2.27. The molecule has 0 heterocycles. The van der Waals surface area contributed by atoms with Gasteiger partial charge in [0.2, 0.25) is 0 Å². The molecule has 0 aromatic carbocycles. The molecule has 3 nitrogen and oxygen atoms in total. The Morgan fingerprint density at radius 2 is 1.88 bits per heavy atom. The molecule has 1 atom stereocenters. The summed E-state index contributed by atoms with van der Waals surface area (Å²) in [4.78, 5) is 0. The maximum Gasteiger partial charge on any atom is 0.147 e. The Hall–Kier alpha value is -0.0900. The minimum atomic E-state index is -2.79. The van der Waals surface area contributed by atoms with Gasteiger partial charge in [0, 0.05) is 12.0 Å². The summed E-state index contributed by atoms with van der Waals surface area (Å²) in [7, 11) is -2.79. The highest BCUT2D eigenvalue weighted by molar-refractivity contribution is 7.90. The van der Waals surface area contributed by atoms with Crippen molar-refractivity contribution in [3.05, 3.63) is 0 Å². The van der Waals surface area contributed by atoms with Crippen LogP contribution in [0.1, 0.15) is 40.0 Å². The summed E-state index contributed by atoms with van der Waals surface area (Å²) in [5.41, 5.74) is 0. The fourth-order valence-electron chi connectivity index (χ4n) is 1.74. The molecule has 16 heavy (non-hydrogen) atoms. The third kappa shape index (κ3) is 9.16. The van der Waals surface area contributed by atoms with Crippen molar-refractivity contribution in [2.75, 3.05) is 25.1 Å². The fourth-order valence-corrected chi connectivity index (χ4v) is 2.43. The molecule has 0 amide bonds. The molecule has 0 aromatic heterocycles. The predicted molar refractivity (Wildman–Crippen MR) is 70.4 cm³/mol. The zero-order valence-electron chi connectivity index (χ0n) is 11.1. The van der Waals surface area contributed by atoms with Crippen LogP contribution in [0.25, 0.3) is 0 Å². The number of rotatable bonds is 9. The first-order valence-corrected chi connectivity index (χ1v) is 8.31. The largest absolute Gasteiger partial charge is 0.316 e. The van der Waals surface area contributed by atoms with Crippen LogP contribution in [0, 0.1) is 11.8 Å². The molecule has 0 fully saturated rings. The summed E-state index contributed by atoms with van der Waals surface area (Å²) >= 11 is 0. The first-order valence-electron chi connectivity index (χ1n) is 6.25. The van der Waals surface area contributed by atoms with Gasteiger partial charge in [-0.3, -0.25) is 0 Å². The zero-order valence-corrected chi connectivity index (χ0v) is 11.9. The van der Waals surface area contributed by atoms with Crippen molar-refractivity contribution in [1.29, 1.82) is 0 Å². The first-order chi connectivity index (χ1) is 7.37. The average molecular weight is 249 g/mol. The van der Waals surface area contributed by atoms with Gasteiger partial charge in [0.25, 0.3) is 0 Å². The van der Waals surface area contributed by atoms with Crippen molar-refractivity contribution in [1.82, 2.24) is 5.32 Å². The van der Waals surface area contributed by atoms with E-state index in [2.05, 4.69) is 26.1 Å². The van der Waals surface area contributed by atoms with E-state index in [-0.39, 0.29) is 0 Å². The van der Waals surface area contributed by atoms with Gasteiger partial charge in [-0.1, -0.05) is 20.8 Å². The lowest BCUT2D eigenvalue weighted by Gasteiger charge is -2.21. The number of sulfone groups is 1. The molecular weight excluding hydrogens is 222 g/mol. The maximum absolute atomic E-state index is 11.0. The van der Waals surface area contributed by atoms with E-state index < -0.39 is 9.84 Å². The van der Waals surface area contributed by atoms with E-state index >= 15 is 0 Å². The molecule has 0 saturated carbocycles. The van der Waals surface area contributed by atoms with E-state index in [1.807, 2.05) is 0 Å². The molecular formula is C12H27NO2S. The van der Waals surface area contributed by atoms with E-state index in [0.29, 0.717) is 17.6 Å². The third-order valence-electron chi connectivity index (χ3n) is 2.87. The summed E-state index contributed by atoms with van der Waals surface area (Å²) in [6.45, 7) is 8.63. The van der Waals surface area contributed by atoms with Crippen molar-refractivity contribution in [3.63, 3.8) is 0 Å². The van der Waals surface area contributed by atoms with E-state index in [1.54, 1.807) is 0 Å². The highest BCUT2D eigenvalue weighted by Crippen LogP contribution is 2.16. The van der Waals surface area contributed by atoms with Gasteiger partial charge in [0.05, 0.1) is 0 Å². The van der Waals surface area contributed by atoms with Gasteiger partial charge in [0.15, 0.2) is 0 Å². The molecule has 0 spiro atoms. The molecule has 0 radical (unpaired) electrons. The third-order valence-corrected chi connectivity index (χ3v) is 3.90. The van der Waals surface area contributed by atoms with Crippen molar-refractivity contribution >= 4 is 9.84 Å². The van der Waals surface area contributed by atoms with Crippen LogP contribution in [0.15, 0.2) is 0 Å². The minimum absolute atomic E-state index is 0.323. The van der Waals surface area contributed by atoms with Crippen LogP contribution in [-0.4, -0.2) is 33.5 Å². The van der Waals surface area contributed by atoms with E-state index in [4.69, 9.17) is 0 Å². The highest BCUT2D eigenvalue weighted by atomic mass is 32.2. The van der Waals surface area contributed by atoms with E-state index in [0.717, 1.165) is 32.4 Å². The topological polar surface area (TPSA) is 46.2 Å². The summed E-state index contributed by atoms with van der Waals surface area (Å²) in [5, 5.41) is 3.41. The normalized spacial score (nSPS) is 14.3. The molecule has 0 aliphatic rings. The monoisotopic (exact) mass is 249 g/mol. The Labute approximate surface area is 101 Å². The van der Waals surface area contributed by atoms with Crippen LogP contribution in [-0.2, 0) is 9.84 Å². The Balaban J connectivity index is 3.85. The van der Waals surface area contributed by atoms with Gasteiger partial charge in [-0.05, 0) is 44.2 Å². The van der Waals surface area contributed by atoms with Crippen molar-refractivity contribution in [2.45, 2.75) is 40.0 Å². The van der Waals surface area contributed by atoms with Crippen LogP contribution in [0.5, 0.6) is 0 Å². The van der Waals surface area contributed by atoms with Gasteiger partial charge in [-0.2, -0.15) is 0 Å². The summed E-state index contributed by atoms with van der Waals surface area (Å²) in [6.07, 6.45) is 4.25. The zero-order chi connectivity index (χ0) is 12.6. The predicted octanol–water partition coefficient (Wildman–Crippen LogP) is 2.08. The van der Waals surface area contributed by atoms with Crippen LogP contribution in [0.4, 0.5) is 0 Å². The van der Waals surface area contributed by atoms with E-state index in [9.17, 15) is 8.42 Å². The second-order valence-corrected chi connectivity index (χ2v) is 7.24. The lowest BCUT2D eigenvalue weighted by molar-refractivity contribution is 0.338. The molecule has 4 heteroatoms. The number of nitrogens with one attached hydrogen (secondary N) is 1. The second kappa shape index (κ2) is 8.07. The Morgan fingerprint density at radius 3 is 2.31 bits per heavy atom. The van der Waals surface area contributed by atoms with Crippen LogP contribution < -0.4 is 5.32 Å². The second-order valence-electron chi connectivity index (χ2n) is 4.98. The van der Waals surface area contributed by atoms with Crippen LogP contribution in [0.3, 0.4) is 0 Å². The summed E-state index contributed by atoms with van der Waals surface area (Å²) in [5.74, 6) is 1.53. The molecule has 0 aliphatic heterocycles. The van der Waals surface area contributed by atoms with Gasteiger partial charge in [-0.25, -0.2) is 8.42 Å². The molecule has 0 saturated heterocycles. The van der Waals surface area contributed by atoms with Gasteiger partial charge in [0.1, 0.15) is 9.84 Å². The maximum atomic E-state index is 11.0. The molecule has 0 aromatic rings. The molecule has 1 unspecified atom stereocenters. The molecule has 0 bridgehead atoms. The summed E-state index contributed by atoms with van der Waals surface area (Å²) in [6, 6.07) is 0. The minimum Gasteiger partial charge on any atom is -0.316 e. The molecule has 1 N–H and O–H groups in total. The average Bonchev–Trinajstić information content (AvgIpc) is 2.13. The molecule has 0 rings (SSSR count). The first kappa shape index (κ1) is 15.9. The van der Waals surface area contributed by atoms with Crippen LogP contribution in [0.2, 0.25) is 0 Å². The fraction of sp³-hybridized carbons (Fsp3) is 1.00. The lowest BCUT2D eigenvalue weighted by atomic mass is 9.91. The Kier molecular flexibility index (Phi) is 8.02. The molecule has 0 aliphatic carbocycles. The smallest absolute Gasteiger partial charge is 0.147 e. The highest BCUT2D eigenvalue weighted by Gasteiger charge is 2.13. The molecule has 98 valence electrons. The van der Waals surface area contributed by atoms with Crippen molar-refractivity contribution in [3.8, 4) is 0 Å². The Morgan fingerprint density at radius 1 is 1.25 bits per heavy atom. The van der Waals surface area contributed by atoms with E-state index in [1.165, 1.54) is 6.26 Å². The van der Waals surface area contributed by atoms with Gasteiger partial charge < -0.3 is 5.32 Å². The standard InChI is InChI=1S/C12H27NO2S/c1-5-8-13-10-12(11(2)3)7-6-9-16(4,14)15/h11-13H,5-10H2,1-4H3. The van der Waals surface area contributed by atoms with Crippen LogP contribution >= 0.6 is 0 Å².